The van der Waals surface area contributed by atoms with E-state index in [4.69, 9.17) is 5.26 Å². The highest BCUT2D eigenvalue weighted by Crippen LogP contribution is 2.22. The van der Waals surface area contributed by atoms with Crippen molar-refractivity contribution in [3.05, 3.63) is 35.2 Å². The van der Waals surface area contributed by atoms with Crippen LogP contribution >= 0.6 is 0 Å². The molecule has 0 spiro atoms. The molecule has 0 aliphatic carbocycles. The van der Waals surface area contributed by atoms with Gasteiger partial charge in [-0.1, -0.05) is 0 Å². The summed E-state index contributed by atoms with van der Waals surface area (Å²) in [6, 6.07) is 1.92. The zero-order valence-electron chi connectivity index (χ0n) is 10.3. The summed E-state index contributed by atoms with van der Waals surface area (Å²) in [5.74, 6) is -1.68. The van der Waals surface area contributed by atoms with Gasteiger partial charge in [0.25, 0.3) is 0 Å². The second kappa shape index (κ2) is 5.68. The number of methoxy groups -OCH3 is 2. The monoisotopic (exact) mass is 248 g/mol. The summed E-state index contributed by atoms with van der Waals surface area (Å²) >= 11 is 0. The standard InChI is InChI=1S/C12H12N2O4/c1-14-5-4-9(8(6-13)7-14)10(11(15)17-2)12(16)18-3/h4-5,7H,1-3H3. The van der Waals surface area contributed by atoms with Crippen LogP contribution in [0.2, 0.25) is 0 Å². The molecule has 0 fully saturated rings. The van der Waals surface area contributed by atoms with Gasteiger partial charge in [-0.25, -0.2) is 9.59 Å². The van der Waals surface area contributed by atoms with Crippen molar-refractivity contribution < 1.29 is 19.1 Å². The highest BCUT2D eigenvalue weighted by molar-refractivity contribution is 6.15. The lowest BCUT2D eigenvalue weighted by molar-refractivity contribution is -0.144. The maximum absolute atomic E-state index is 11.6. The van der Waals surface area contributed by atoms with Crippen LogP contribution < -0.4 is 0 Å². The Morgan fingerprint density at radius 3 is 2.28 bits per heavy atom. The lowest BCUT2D eigenvalue weighted by Crippen LogP contribution is -2.20. The third-order valence-corrected chi connectivity index (χ3v) is 2.27. The number of nitriles is 1. The Morgan fingerprint density at radius 2 is 1.83 bits per heavy atom. The van der Waals surface area contributed by atoms with Crippen LogP contribution in [-0.4, -0.2) is 38.1 Å². The largest absolute Gasteiger partial charge is 0.465 e. The molecule has 0 aromatic heterocycles. The quantitative estimate of drug-likeness (QED) is 0.306. The van der Waals surface area contributed by atoms with Crippen molar-refractivity contribution in [3.8, 4) is 6.07 Å². The smallest absolute Gasteiger partial charge is 0.345 e. The first-order chi connectivity index (χ1) is 8.54. The maximum Gasteiger partial charge on any atom is 0.345 e. The van der Waals surface area contributed by atoms with Gasteiger partial charge in [0.15, 0.2) is 5.57 Å². The van der Waals surface area contributed by atoms with Crippen LogP contribution in [0.5, 0.6) is 0 Å². The molecule has 0 N–H and O–H groups in total. The fraction of sp³-hybridized carbons (Fsp3) is 0.250. The van der Waals surface area contributed by atoms with Crippen LogP contribution in [0.25, 0.3) is 0 Å². The first-order valence-electron chi connectivity index (χ1n) is 4.98. The highest BCUT2D eigenvalue weighted by atomic mass is 16.5. The van der Waals surface area contributed by atoms with Crippen LogP contribution in [0.15, 0.2) is 35.2 Å². The fourth-order valence-electron chi connectivity index (χ4n) is 1.41. The van der Waals surface area contributed by atoms with Crippen molar-refractivity contribution in [1.29, 1.82) is 5.26 Å². The van der Waals surface area contributed by atoms with Crippen molar-refractivity contribution in [2.24, 2.45) is 0 Å². The van der Waals surface area contributed by atoms with Crippen LogP contribution in [-0.2, 0) is 19.1 Å². The Hall–Kier alpha value is -2.55. The maximum atomic E-state index is 11.6. The molecule has 94 valence electrons. The van der Waals surface area contributed by atoms with E-state index < -0.39 is 11.9 Å². The molecule has 0 aromatic carbocycles. The molecule has 0 amide bonds. The van der Waals surface area contributed by atoms with E-state index >= 15 is 0 Å². The molecule has 18 heavy (non-hydrogen) atoms. The van der Waals surface area contributed by atoms with Crippen LogP contribution in [0, 0.1) is 11.3 Å². The molecule has 0 saturated carbocycles. The van der Waals surface area contributed by atoms with E-state index in [1.807, 2.05) is 6.07 Å². The van der Waals surface area contributed by atoms with Gasteiger partial charge in [-0.2, -0.15) is 5.26 Å². The van der Waals surface area contributed by atoms with Gasteiger partial charge in [0, 0.05) is 25.0 Å². The molecule has 6 nitrogen and oxygen atoms in total. The molecule has 1 rings (SSSR count). The van der Waals surface area contributed by atoms with Gasteiger partial charge < -0.3 is 14.4 Å². The second-order valence-corrected chi connectivity index (χ2v) is 3.41. The van der Waals surface area contributed by atoms with Gasteiger partial charge >= 0.3 is 11.9 Å². The number of rotatable bonds is 2. The molecular formula is C12H12N2O4. The van der Waals surface area contributed by atoms with Crippen molar-refractivity contribution in [2.75, 3.05) is 21.3 Å². The summed E-state index contributed by atoms with van der Waals surface area (Å²) in [7, 11) is 4.03. The SMILES string of the molecule is COC(=O)C(C(=O)OC)=C1C=CN(C)C=C1C#N. The zero-order valence-corrected chi connectivity index (χ0v) is 10.3. The molecule has 0 saturated heterocycles. The third-order valence-electron chi connectivity index (χ3n) is 2.27. The number of hydrogen-bond donors (Lipinski definition) is 0. The molecule has 1 aliphatic heterocycles. The molecule has 0 bridgehead atoms. The first kappa shape index (κ1) is 13.5. The van der Waals surface area contributed by atoms with Gasteiger partial charge in [0.1, 0.15) is 6.07 Å². The minimum atomic E-state index is -0.841. The van der Waals surface area contributed by atoms with Crippen molar-refractivity contribution in [3.63, 3.8) is 0 Å². The molecule has 1 heterocycles. The van der Waals surface area contributed by atoms with E-state index in [0.29, 0.717) is 0 Å². The third kappa shape index (κ3) is 2.58. The van der Waals surface area contributed by atoms with Crippen molar-refractivity contribution in [2.45, 2.75) is 0 Å². The van der Waals surface area contributed by atoms with E-state index in [-0.39, 0.29) is 16.7 Å². The van der Waals surface area contributed by atoms with Crippen LogP contribution in [0.4, 0.5) is 0 Å². The van der Waals surface area contributed by atoms with Gasteiger partial charge in [-0.15, -0.1) is 0 Å². The molecule has 0 atom stereocenters. The summed E-state index contributed by atoms with van der Waals surface area (Å²) in [6.45, 7) is 0. The minimum Gasteiger partial charge on any atom is -0.465 e. The zero-order chi connectivity index (χ0) is 13.7. The average Bonchev–Trinajstić information content (AvgIpc) is 2.39. The second-order valence-electron chi connectivity index (χ2n) is 3.41. The number of nitrogens with zero attached hydrogens (tertiary/aromatic N) is 2. The Balaban J connectivity index is 3.41. The summed E-state index contributed by atoms with van der Waals surface area (Å²) in [5, 5.41) is 9.02. The normalized spacial score (nSPS) is 13.6. The Kier molecular flexibility index (Phi) is 4.27. The number of esters is 2. The minimum absolute atomic E-state index is 0.186. The van der Waals surface area contributed by atoms with Crippen molar-refractivity contribution in [1.82, 2.24) is 4.90 Å². The summed E-state index contributed by atoms with van der Waals surface area (Å²) < 4.78 is 9.05. The van der Waals surface area contributed by atoms with Gasteiger partial charge in [-0.05, 0) is 6.08 Å². The average molecular weight is 248 g/mol. The molecule has 0 aromatic rings. The summed E-state index contributed by atoms with van der Waals surface area (Å²) in [5.41, 5.74) is 0.0808. The number of allylic oxidation sites excluding steroid dienone is 3. The van der Waals surface area contributed by atoms with Gasteiger partial charge in [-0.3, -0.25) is 0 Å². The van der Waals surface area contributed by atoms with Gasteiger partial charge in [0.2, 0.25) is 0 Å². The summed E-state index contributed by atoms with van der Waals surface area (Å²) in [4.78, 5) is 24.8. The number of carbonyl (C=O) groups is 2. The van der Waals surface area contributed by atoms with E-state index in [1.165, 1.54) is 12.3 Å². The predicted octanol–water partition coefficient (Wildman–Crippen LogP) is 0.496. The lowest BCUT2D eigenvalue weighted by atomic mass is 9.99. The molecule has 1 aliphatic rings. The van der Waals surface area contributed by atoms with Crippen LogP contribution in [0.1, 0.15) is 0 Å². The van der Waals surface area contributed by atoms with Crippen LogP contribution in [0.3, 0.4) is 0 Å². The van der Waals surface area contributed by atoms with Gasteiger partial charge in [0.05, 0.1) is 19.8 Å². The summed E-state index contributed by atoms with van der Waals surface area (Å²) in [6.07, 6.45) is 4.60. The van der Waals surface area contributed by atoms with E-state index in [0.717, 1.165) is 14.2 Å². The molecule has 0 radical (unpaired) electrons. The number of carbonyl (C=O) groups excluding carboxylic acids is 2. The molecule has 0 unspecified atom stereocenters. The fourth-order valence-corrected chi connectivity index (χ4v) is 1.41. The predicted molar refractivity (Wildman–Crippen MR) is 61.7 cm³/mol. The first-order valence-corrected chi connectivity index (χ1v) is 4.98. The van der Waals surface area contributed by atoms with E-state index in [2.05, 4.69) is 9.47 Å². The highest BCUT2D eigenvalue weighted by Gasteiger charge is 2.26. The Bertz CT molecular complexity index is 491. The van der Waals surface area contributed by atoms with E-state index in [9.17, 15) is 9.59 Å². The van der Waals surface area contributed by atoms with E-state index in [1.54, 1.807) is 18.1 Å². The van der Waals surface area contributed by atoms with Crippen molar-refractivity contribution >= 4 is 11.9 Å². The number of hydrogen-bond acceptors (Lipinski definition) is 6. The Morgan fingerprint density at radius 1 is 1.28 bits per heavy atom. The lowest BCUT2D eigenvalue weighted by Gasteiger charge is -2.16. The molecule has 6 heteroatoms. The Labute approximate surface area is 104 Å². The molecular weight excluding hydrogens is 236 g/mol. The number of ether oxygens (including phenoxy) is 2. The topological polar surface area (TPSA) is 79.6 Å².